The quantitative estimate of drug-likeness (QED) is 0.0812. The summed E-state index contributed by atoms with van der Waals surface area (Å²) in [6, 6.07) is 134. The van der Waals surface area contributed by atoms with E-state index in [-0.39, 0.29) is 0 Å². The fourth-order valence-corrected chi connectivity index (χ4v) is 29.6. The van der Waals surface area contributed by atoms with E-state index in [4.69, 9.17) is 44.9 Å². The Morgan fingerprint density at radius 2 is 0.585 bits per heavy atom. The number of fused-ring (bicyclic) bond motifs is 21. The average molecular weight is 1560 g/mol. The molecule has 25 rings (SSSR count). The Kier molecular flexibility index (Phi) is 14.3. The summed E-state index contributed by atoms with van der Waals surface area (Å²) in [5, 5.41) is 11.3. The van der Waals surface area contributed by atoms with Crippen molar-refractivity contribution in [1.29, 1.82) is 0 Å². The van der Waals surface area contributed by atoms with Gasteiger partial charge in [-0.05, 0) is 133 Å². The van der Waals surface area contributed by atoms with Crippen molar-refractivity contribution in [3.63, 3.8) is 0 Å². The second kappa shape index (κ2) is 25.5. The number of para-hydroxylation sites is 11. The summed E-state index contributed by atoms with van der Waals surface area (Å²) < 4.78 is 17.8. The van der Waals surface area contributed by atoms with Crippen LogP contribution in [0.4, 0.5) is 0 Å². The van der Waals surface area contributed by atoms with Crippen molar-refractivity contribution in [2.24, 2.45) is 0 Å². The Labute approximate surface area is 677 Å². The molecule has 19 heteroatoms. The van der Waals surface area contributed by atoms with Gasteiger partial charge in [0.05, 0.1) is 77.2 Å². The molecule has 0 saturated heterocycles. The highest BCUT2D eigenvalue weighted by Gasteiger charge is 2.49. The van der Waals surface area contributed by atoms with Crippen molar-refractivity contribution < 1.29 is 0 Å². The SMILES string of the molecule is c1ccc([Si](c2ccccc2)(c2ccccc2)c2nc(-n3c4ccccc4c4c(-c5ccc6c(c5)nc5n(-c7nc(-n8c9ccccc9n9c%10ccccc%10nc89)nc([Si](c8ccccc8)(c8ccccc8)c8cccc9c8sc8ccccc89)n7)c7ccccc7n65)cccc43)nc(-n3c4ccccc4n4c5ccccc5nc34)n2)cc1. The van der Waals surface area contributed by atoms with Gasteiger partial charge in [0, 0.05) is 30.9 Å². The third-order valence-corrected chi connectivity index (χ3v) is 34.4. The number of thiophene rings is 1. The van der Waals surface area contributed by atoms with Gasteiger partial charge in [-0.1, -0.05) is 285 Å². The zero-order valence-corrected chi connectivity index (χ0v) is 65.7. The minimum absolute atomic E-state index is 0.409. The minimum atomic E-state index is -3.70. The van der Waals surface area contributed by atoms with Crippen LogP contribution in [0.1, 0.15) is 0 Å². The third-order valence-electron chi connectivity index (χ3n) is 24.0. The van der Waals surface area contributed by atoms with Gasteiger partial charge in [-0.3, -0.25) is 17.8 Å². The molecule has 0 atom stereocenters. The van der Waals surface area contributed by atoms with Gasteiger partial charge < -0.3 is 0 Å². The topological polar surface area (TPSA) is 149 Å². The number of benzene rings is 15. The van der Waals surface area contributed by atoms with Crippen LogP contribution in [0.3, 0.4) is 0 Å². The van der Waals surface area contributed by atoms with E-state index in [0.717, 1.165) is 125 Å². The highest BCUT2D eigenvalue weighted by Crippen LogP contribution is 2.42. The van der Waals surface area contributed by atoms with Crippen LogP contribution in [-0.4, -0.2) is 92.5 Å². The van der Waals surface area contributed by atoms with E-state index >= 15 is 0 Å². The summed E-state index contributed by atoms with van der Waals surface area (Å²) >= 11 is 1.83. The minimum Gasteiger partial charge on any atom is -0.278 e. The highest BCUT2D eigenvalue weighted by atomic mass is 32.1. The molecule has 15 aromatic carbocycles. The third kappa shape index (κ3) is 9.35. The first kappa shape index (κ1) is 66.1. The summed E-state index contributed by atoms with van der Waals surface area (Å²) in [7, 11) is -7.18. The van der Waals surface area contributed by atoms with Crippen LogP contribution in [-0.2, 0) is 0 Å². The molecule has 118 heavy (non-hydrogen) atoms. The standard InChI is InChI=1S/C99H62N16SSi2/c1-6-32-64(33-7-1)117(65-34-8-2-9-35-65,66-36-10-3-11-37-66)95-105-91(103-92(106-95)113-83-54-26-23-51-80(83)110-77-49-21-18-46-73(77)100-97(110)113)109-76-48-20-16-43-72(76)89-69(44-30-57-86(89)109)63-60-61-79-75(62-63)102-99-112(79)82-53-25-28-56-85(82)115(99)94-104-93(114-84-55-27-24-52-81(84)111-78-50-22-19-47-74(78)101-98(111)114)107-96(108-94)118(67-38-12-4-13-39-67,68-40-14-5-15-41-68)88-59-31-45-71-70-42-17-29-58-87(70)116-90(71)88/h1-62H. The molecule has 0 amide bonds. The summed E-state index contributed by atoms with van der Waals surface area (Å²) in [6.45, 7) is 0. The molecule has 0 fully saturated rings. The molecule has 16 nitrogen and oxygen atoms in total. The normalized spacial score (nSPS) is 12.4. The van der Waals surface area contributed by atoms with Gasteiger partial charge in [0.1, 0.15) is 10.9 Å². The molecule has 10 aromatic heterocycles. The Bertz CT molecular complexity index is 8280. The van der Waals surface area contributed by atoms with Crippen molar-refractivity contribution in [2.45, 2.75) is 0 Å². The van der Waals surface area contributed by atoms with Crippen molar-refractivity contribution in [3.8, 4) is 34.9 Å². The number of imidazole rings is 6. The molecule has 0 spiro atoms. The number of nitrogens with zero attached hydrogens (tertiary/aromatic N) is 16. The van der Waals surface area contributed by atoms with Gasteiger partial charge in [0.2, 0.25) is 57.3 Å². The van der Waals surface area contributed by atoms with Crippen molar-refractivity contribution in [1.82, 2.24) is 76.3 Å². The van der Waals surface area contributed by atoms with Crippen LogP contribution in [0.15, 0.2) is 376 Å². The largest absolute Gasteiger partial charge is 0.278 e. The first-order valence-electron chi connectivity index (χ1n) is 39.4. The average Bonchev–Trinajstić information content (AvgIpc) is 1.38. The monoisotopic (exact) mass is 1560 g/mol. The molecule has 0 bridgehead atoms. The first-order chi connectivity index (χ1) is 58.5. The van der Waals surface area contributed by atoms with Crippen LogP contribution < -0.4 is 42.0 Å². The lowest BCUT2D eigenvalue weighted by atomic mass is 9.99. The van der Waals surface area contributed by atoms with Gasteiger partial charge in [0.25, 0.3) is 0 Å². The van der Waals surface area contributed by atoms with Crippen molar-refractivity contribution >= 4 is 195 Å². The van der Waals surface area contributed by atoms with Gasteiger partial charge in [0.15, 0.2) is 0 Å². The van der Waals surface area contributed by atoms with Crippen LogP contribution in [0.2, 0.25) is 0 Å². The lowest BCUT2D eigenvalue weighted by molar-refractivity contribution is 0.887. The molecule has 0 aliphatic heterocycles. The smallest absolute Gasteiger partial charge is 0.241 e. The lowest BCUT2D eigenvalue weighted by Gasteiger charge is -2.32. The number of hydrogen-bond acceptors (Lipinski definition) is 10. The number of rotatable bonds is 13. The fraction of sp³-hybridized carbons (Fsp3) is 0. The summed E-state index contributed by atoms with van der Waals surface area (Å²) in [5.74, 6) is 3.76. The van der Waals surface area contributed by atoms with Crippen LogP contribution in [0.25, 0.3) is 160 Å². The Morgan fingerprint density at radius 1 is 0.229 bits per heavy atom. The van der Waals surface area contributed by atoms with Gasteiger partial charge in [-0.2, -0.15) is 9.97 Å². The predicted octanol–water partition coefficient (Wildman–Crippen LogP) is 16.2. The van der Waals surface area contributed by atoms with E-state index < -0.39 is 16.1 Å². The zero-order valence-electron chi connectivity index (χ0n) is 62.9. The van der Waals surface area contributed by atoms with Crippen molar-refractivity contribution in [3.05, 3.63) is 376 Å². The second-order valence-corrected chi connectivity index (χ2v) is 38.4. The summed E-state index contributed by atoms with van der Waals surface area (Å²) in [5.41, 5.74) is 16.1. The Balaban J connectivity index is 0.736. The maximum Gasteiger partial charge on any atom is 0.241 e. The molecule has 0 radical (unpaired) electrons. The molecule has 25 aromatic rings. The second-order valence-electron chi connectivity index (χ2n) is 30.1. The lowest BCUT2D eigenvalue weighted by Crippen LogP contribution is -2.76. The fourth-order valence-electron chi connectivity index (χ4n) is 19.0. The van der Waals surface area contributed by atoms with E-state index in [1.165, 1.54) is 25.4 Å². The van der Waals surface area contributed by atoms with Gasteiger partial charge in [-0.15, -0.1) is 11.3 Å². The molecule has 552 valence electrons. The molecular weight excluding hydrogens is 1500 g/mol. The molecule has 10 heterocycles. The van der Waals surface area contributed by atoms with Gasteiger partial charge in [-0.25, -0.2) is 48.6 Å². The van der Waals surface area contributed by atoms with Gasteiger partial charge >= 0.3 is 0 Å². The Hall–Kier alpha value is -15.4. The van der Waals surface area contributed by atoms with Crippen LogP contribution >= 0.6 is 11.3 Å². The molecule has 0 aliphatic rings. The summed E-state index contributed by atoms with van der Waals surface area (Å²) in [6.07, 6.45) is 0. The molecule has 0 N–H and O–H groups in total. The van der Waals surface area contributed by atoms with E-state index in [1.807, 2.05) is 23.5 Å². The zero-order chi connectivity index (χ0) is 77.3. The summed E-state index contributed by atoms with van der Waals surface area (Å²) in [4.78, 5) is 52.3. The molecule has 0 saturated carbocycles. The van der Waals surface area contributed by atoms with E-state index in [9.17, 15) is 0 Å². The maximum absolute atomic E-state index is 6.09. The van der Waals surface area contributed by atoms with E-state index in [0.29, 0.717) is 52.0 Å². The van der Waals surface area contributed by atoms with E-state index in [1.54, 1.807) is 0 Å². The number of hydrogen-bond donors (Lipinski definition) is 0. The van der Waals surface area contributed by atoms with Crippen molar-refractivity contribution in [2.75, 3.05) is 0 Å². The predicted molar refractivity (Wildman–Crippen MR) is 482 cm³/mol. The maximum atomic E-state index is 6.09. The molecular formula is C99H62N16SSi2. The van der Waals surface area contributed by atoms with Crippen LogP contribution in [0, 0.1) is 0 Å². The first-order valence-corrected chi connectivity index (χ1v) is 44.3. The van der Waals surface area contributed by atoms with E-state index in [2.05, 4.69) is 395 Å². The highest BCUT2D eigenvalue weighted by molar-refractivity contribution is 7.30. The molecule has 0 aliphatic carbocycles. The number of aromatic nitrogens is 16. The van der Waals surface area contributed by atoms with Crippen LogP contribution in [0.5, 0.6) is 0 Å². The Morgan fingerprint density at radius 3 is 1.08 bits per heavy atom. The molecule has 0 unspecified atom stereocenters.